The highest BCUT2D eigenvalue weighted by Gasteiger charge is 2.23. The van der Waals surface area contributed by atoms with Crippen molar-refractivity contribution in [1.29, 1.82) is 0 Å². The van der Waals surface area contributed by atoms with Crippen LogP contribution in [0, 0.1) is 0 Å². The largest absolute Gasteiger partial charge is 0.544 e. The van der Waals surface area contributed by atoms with Crippen LogP contribution in [0.25, 0.3) is 6.08 Å². The molecule has 1 aromatic carbocycles. The fourth-order valence-corrected chi connectivity index (χ4v) is 3.58. The van der Waals surface area contributed by atoms with Gasteiger partial charge in [-0.05, 0) is 50.9 Å². The molecule has 0 atom stereocenters. The van der Waals surface area contributed by atoms with Crippen molar-refractivity contribution < 1.29 is 8.85 Å². The van der Waals surface area contributed by atoms with Gasteiger partial charge in [-0.25, -0.2) is 0 Å². The van der Waals surface area contributed by atoms with Crippen molar-refractivity contribution in [3.63, 3.8) is 0 Å². The smallest absolute Gasteiger partial charge is 0.242 e. The maximum atomic E-state index is 6.06. The molecule has 0 aliphatic carbocycles. The molecule has 0 N–H and O–H groups in total. The van der Waals surface area contributed by atoms with Gasteiger partial charge in [0.05, 0.1) is 5.57 Å². The van der Waals surface area contributed by atoms with Crippen molar-refractivity contribution in [3.8, 4) is 0 Å². The maximum Gasteiger partial charge on any atom is 0.242 e. The van der Waals surface area contributed by atoms with Gasteiger partial charge in [-0.1, -0.05) is 43.5 Å². The van der Waals surface area contributed by atoms with Crippen LogP contribution in [0.2, 0.25) is 39.3 Å². The molecular weight excluding hydrogens is 304 g/mol. The lowest BCUT2D eigenvalue weighted by atomic mass is 10.1. The number of benzene rings is 1. The first-order chi connectivity index (χ1) is 9.98. The first kappa shape index (κ1) is 18.5. The van der Waals surface area contributed by atoms with Crippen LogP contribution in [-0.2, 0) is 8.85 Å². The summed E-state index contributed by atoms with van der Waals surface area (Å²) in [7, 11) is -3.46. The molecule has 120 valence electrons. The summed E-state index contributed by atoms with van der Waals surface area (Å²) in [5.74, 6) is 1.29. The molecule has 0 heterocycles. The quantitative estimate of drug-likeness (QED) is 0.357. The van der Waals surface area contributed by atoms with Gasteiger partial charge in [-0.3, -0.25) is 0 Å². The Morgan fingerprint density at radius 3 is 1.59 bits per heavy atom. The summed E-state index contributed by atoms with van der Waals surface area (Å²) in [6.07, 6.45) is 2.03. The molecule has 0 aromatic heterocycles. The summed E-state index contributed by atoms with van der Waals surface area (Å²) in [5, 5.41) is 0. The van der Waals surface area contributed by atoms with E-state index in [0.29, 0.717) is 11.5 Å². The lowest BCUT2D eigenvalue weighted by molar-refractivity contribution is 0.401. The van der Waals surface area contributed by atoms with Gasteiger partial charge in [0.15, 0.2) is 0 Å². The van der Waals surface area contributed by atoms with Crippen LogP contribution in [0.1, 0.15) is 5.56 Å². The van der Waals surface area contributed by atoms with E-state index in [-0.39, 0.29) is 0 Å². The zero-order valence-corrected chi connectivity index (χ0v) is 16.7. The van der Waals surface area contributed by atoms with Crippen LogP contribution in [0.5, 0.6) is 0 Å². The van der Waals surface area contributed by atoms with Gasteiger partial charge < -0.3 is 8.85 Å². The van der Waals surface area contributed by atoms with E-state index in [4.69, 9.17) is 8.85 Å². The third-order valence-electron chi connectivity index (χ3n) is 2.57. The molecule has 0 bridgehead atoms. The van der Waals surface area contributed by atoms with Crippen LogP contribution < -0.4 is 0 Å². The van der Waals surface area contributed by atoms with E-state index in [0.717, 1.165) is 11.1 Å². The molecule has 0 saturated heterocycles. The molecule has 1 aromatic rings. The molecule has 0 aliphatic rings. The molecule has 0 spiro atoms. The van der Waals surface area contributed by atoms with Gasteiger partial charge in [-0.2, -0.15) is 0 Å². The van der Waals surface area contributed by atoms with Crippen LogP contribution in [0.4, 0.5) is 0 Å². The van der Waals surface area contributed by atoms with E-state index >= 15 is 0 Å². The van der Waals surface area contributed by atoms with Crippen LogP contribution in [0.3, 0.4) is 0 Å². The average Bonchev–Trinajstić information content (AvgIpc) is 2.32. The zero-order valence-electron chi connectivity index (χ0n) is 14.7. The van der Waals surface area contributed by atoms with Crippen molar-refractivity contribution in [2.24, 2.45) is 0 Å². The van der Waals surface area contributed by atoms with Crippen molar-refractivity contribution in [2.45, 2.75) is 39.3 Å². The Bertz CT molecular complexity index is 531. The van der Waals surface area contributed by atoms with E-state index < -0.39 is 16.6 Å². The fraction of sp³-hybridized carbons (Fsp3) is 0.333. The molecule has 1 rings (SSSR count). The van der Waals surface area contributed by atoms with Gasteiger partial charge in [0.1, 0.15) is 11.5 Å². The Morgan fingerprint density at radius 2 is 1.23 bits per heavy atom. The minimum atomic E-state index is -1.73. The summed E-state index contributed by atoms with van der Waals surface area (Å²) in [6.45, 7) is 21.0. The second-order valence-electron chi connectivity index (χ2n) is 7.24. The standard InChI is InChI=1S/C18H28O2Si2/c1-15(19-21(3,4)5)18(16(2)20-22(6,7)8)14-17-12-10-9-11-13-17/h9-14H,1-2H2,3-8H3. The van der Waals surface area contributed by atoms with Crippen molar-refractivity contribution in [1.82, 2.24) is 0 Å². The minimum absolute atomic E-state index is 0.645. The maximum absolute atomic E-state index is 6.06. The fourth-order valence-electron chi connectivity index (χ4n) is 1.88. The summed E-state index contributed by atoms with van der Waals surface area (Å²) in [6, 6.07) is 10.1. The second kappa shape index (κ2) is 7.16. The molecule has 22 heavy (non-hydrogen) atoms. The lowest BCUT2D eigenvalue weighted by Gasteiger charge is -2.27. The van der Waals surface area contributed by atoms with E-state index in [1.165, 1.54) is 0 Å². The monoisotopic (exact) mass is 332 g/mol. The molecule has 0 aliphatic heterocycles. The van der Waals surface area contributed by atoms with E-state index in [2.05, 4.69) is 52.4 Å². The second-order valence-corrected chi connectivity index (χ2v) is 16.1. The van der Waals surface area contributed by atoms with Crippen LogP contribution >= 0.6 is 0 Å². The first-order valence-electron chi connectivity index (χ1n) is 7.51. The molecule has 0 unspecified atom stereocenters. The highest BCUT2D eigenvalue weighted by atomic mass is 28.4. The SMILES string of the molecule is C=C(O[Si](C)(C)C)C(=Cc1ccccc1)C(=C)O[Si](C)(C)C. The molecule has 0 fully saturated rings. The highest BCUT2D eigenvalue weighted by Crippen LogP contribution is 2.27. The molecule has 4 heteroatoms. The lowest BCUT2D eigenvalue weighted by Crippen LogP contribution is -2.28. The van der Waals surface area contributed by atoms with Gasteiger partial charge in [0.2, 0.25) is 16.6 Å². The topological polar surface area (TPSA) is 18.5 Å². The minimum Gasteiger partial charge on any atom is -0.544 e. The zero-order chi connectivity index (χ0) is 17.0. The number of rotatable bonds is 7. The third kappa shape index (κ3) is 6.96. The predicted octanol–water partition coefficient (Wildman–Crippen LogP) is 5.80. The molecular formula is C18H28O2Si2. The highest BCUT2D eigenvalue weighted by molar-refractivity contribution is 6.70. The molecule has 0 saturated carbocycles. The average molecular weight is 333 g/mol. The van der Waals surface area contributed by atoms with E-state index in [9.17, 15) is 0 Å². The summed E-state index contributed by atoms with van der Waals surface area (Å²) < 4.78 is 12.1. The Morgan fingerprint density at radius 1 is 0.818 bits per heavy atom. The van der Waals surface area contributed by atoms with Crippen molar-refractivity contribution in [2.75, 3.05) is 0 Å². The van der Waals surface area contributed by atoms with Gasteiger partial charge in [0.25, 0.3) is 0 Å². The Hall–Kier alpha value is -1.53. The Labute approximate surface area is 137 Å². The van der Waals surface area contributed by atoms with Gasteiger partial charge in [-0.15, -0.1) is 0 Å². The van der Waals surface area contributed by atoms with Crippen molar-refractivity contribution >= 4 is 22.7 Å². The molecule has 0 amide bonds. The summed E-state index contributed by atoms with van der Waals surface area (Å²) in [5.41, 5.74) is 1.93. The van der Waals surface area contributed by atoms with Gasteiger partial charge in [0, 0.05) is 0 Å². The molecule has 2 nitrogen and oxygen atoms in total. The molecule has 0 radical (unpaired) electrons. The predicted molar refractivity (Wildman–Crippen MR) is 102 cm³/mol. The number of hydrogen-bond acceptors (Lipinski definition) is 2. The Kier molecular flexibility index (Phi) is 6.03. The Balaban J connectivity index is 3.13. The third-order valence-corrected chi connectivity index (χ3v) is 4.29. The van der Waals surface area contributed by atoms with Gasteiger partial charge >= 0.3 is 0 Å². The van der Waals surface area contributed by atoms with Crippen molar-refractivity contribution in [3.05, 3.63) is 66.1 Å². The summed E-state index contributed by atoms with van der Waals surface area (Å²) >= 11 is 0. The number of hydrogen-bond donors (Lipinski definition) is 0. The normalized spacial score (nSPS) is 11.5. The van der Waals surface area contributed by atoms with E-state index in [1.54, 1.807) is 0 Å². The summed E-state index contributed by atoms with van der Waals surface area (Å²) in [4.78, 5) is 0. The van der Waals surface area contributed by atoms with Crippen LogP contribution in [-0.4, -0.2) is 16.6 Å². The first-order valence-corrected chi connectivity index (χ1v) is 14.3. The van der Waals surface area contributed by atoms with Crippen LogP contribution in [0.15, 0.2) is 60.6 Å². The van der Waals surface area contributed by atoms with E-state index in [1.807, 2.05) is 36.4 Å².